The van der Waals surface area contributed by atoms with Crippen molar-refractivity contribution in [2.24, 2.45) is 0 Å². The summed E-state index contributed by atoms with van der Waals surface area (Å²) >= 11 is 0. The third-order valence-corrected chi connectivity index (χ3v) is 5.98. The highest BCUT2D eigenvalue weighted by Crippen LogP contribution is 2.27. The standard InChI is InChI=1S/C20H29N3O2/c24-20-19(9-12-23(20)18-5-2-1-3-6-18)22-10-4-7-17(8-11-22)21-13-15-25-16-14-21/h1-3,5-6,17,19H,4,7-16H2. The summed E-state index contributed by atoms with van der Waals surface area (Å²) in [5.41, 5.74) is 1.04. The molecule has 0 bridgehead atoms. The molecule has 1 amide bonds. The number of hydrogen-bond donors (Lipinski definition) is 0. The number of hydrogen-bond acceptors (Lipinski definition) is 4. The summed E-state index contributed by atoms with van der Waals surface area (Å²) < 4.78 is 5.49. The first-order valence-electron chi connectivity index (χ1n) is 9.75. The topological polar surface area (TPSA) is 36.0 Å². The zero-order valence-corrected chi connectivity index (χ0v) is 15.0. The number of rotatable bonds is 3. The summed E-state index contributed by atoms with van der Waals surface area (Å²) in [6.07, 6.45) is 4.57. The third-order valence-electron chi connectivity index (χ3n) is 5.98. The van der Waals surface area contributed by atoms with Gasteiger partial charge in [0.25, 0.3) is 0 Å². The van der Waals surface area contributed by atoms with Crippen molar-refractivity contribution in [3.63, 3.8) is 0 Å². The Hall–Kier alpha value is -1.43. The SMILES string of the molecule is O=C1C(N2CCCC(N3CCOCC3)CC2)CCN1c1ccccc1. The third kappa shape index (κ3) is 3.73. The maximum atomic E-state index is 13.0. The van der Waals surface area contributed by atoms with E-state index in [4.69, 9.17) is 4.74 Å². The Morgan fingerprint density at radius 2 is 1.64 bits per heavy atom. The van der Waals surface area contributed by atoms with Gasteiger partial charge in [-0.15, -0.1) is 0 Å². The Kier molecular flexibility index (Phi) is 5.34. The van der Waals surface area contributed by atoms with Crippen molar-refractivity contribution in [3.05, 3.63) is 30.3 Å². The largest absolute Gasteiger partial charge is 0.379 e. The van der Waals surface area contributed by atoms with Gasteiger partial charge >= 0.3 is 0 Å². The molecule has 0 aromatic heterocycles. The van der Waals surface area contributed by atoms with Gasteiger partial charge in [0, 0.05) is 37.9 Å². The number of likely N-dealkylation sites (tertiary alicyclic amines) is 1. The summed E-state index contributed by atoms with van der Waals surface area (Å²) in [7, 11) is 0. The lowest BCUT2D eigenvalue weighted by Gasteiger charge is -2.34. The molecule has 0 radical (unpaired) electrons. The van der Waals surface area contributed by atoms with Crippen LogP contribution in [0.5, 0.6) is 0 Å². The minimum atomic E-state index is 0.0728. The summed E-state index contributed by atoms with van der Waals surface area (Å²) in [5.74, 6) is 0.288. The maximum absolute atomic E-state index is 13.0. The van der Waals surface area contributed by atoms with Gasteiger partial charge in [0.1, 0.15) is 0 Å². The smallest absolute Gasteiger partial charge is 0.244 e. The van der Waals surface area contributed by atoms with Gasteiger partial charge in [0.15, 0.2) is 0 Å². The molecule has 2 unspecified atom stereocenters. The molecule has 3 fully saturated rings. The number of nitrogens with zero attached hydrogens (tertiary/aromatic N) is 3. The van der Waals surface area contributed by atoms with E-state index in [9.17, 15) is 4.79 Å². The van der Waals surface area contributed by atoms with Gasteiger partial charge in [-0.05, 0) is 44.4 Å². The Bertz CT molecular complexity index is 574. The molecule has 25 heavy (non-hydrogen) atoms. The quantitative estimate of drug-likeness (QED) is 0.841. The number of carbonyl (C=O) groups is 1. The van der Waals surface area contributed by atoms with Crippen LogP contribution in [0.3, 0.4) is 0 Å². The fraction of sp³-hybridized carbons (Fsp3) is 0.650. The minimum Gasteiger partial charge on any atom is -0.379 e. The Morgan fingerprint density at radius 1 is 0.840 bits per heavy atom. The first-order chi connectivity index (χ1) is 12.3. The van der Waals surface area contributed by atoms with Gasteiger partial charge in [-0.1, -0.05) is 18.2 Å². The fourth-order valence-corrected chi connectivity index (χ4v) is 4.59. The highest BCUT2D eigenvalue weighted by atomic mass is 16.5. The first-order valence-corrected chi connectivity index (χ1v) is 9.75. The molecule has 3 heterocycles. The molecule has 0 N–H and O–H groups in total. The number of amides is 1. The van der Waals surface area contributed by atoms with Crippen molar-refractivity contribution in [1.29, 1.82) is 0 Å². The fourth-order valence-electron chi connectivity index (χ4n) is 4.59. The normalized spacial score (nSPS) is 29.8. The summed E-state index contributed by atoms with van der Waals surface area (Å²) in [6, 6.07) is 10.8. The van der Waals surface area contributed by atoms with E-state index >= 15 is 0 Å². The zero-order chi connectivity index (χ0) is 17.1. The predicted molar refractivity (Wildman–Crippen MR) is 98.8 cm³/mol. The van der Waals surface area contributed by atoms with Gasteiger partial charge in [0.2, 0.25) is 5.91 Å². The van der Waals surface area contributed by atoms with Crippen molar-refractivity contribution in [1.82, 2.24) is 9.80 Å². The molecule has 5 nitrogen and oxygen atoms in total. The molecule has 3 aliphatic heterocycles. The molecule has 1 aromatic rings. The molecule has 2 atom stereocenters. The molecule has 136 valence electrons. The van der Waals surface area contributed by atoms with Gasteiger partial charge < -0.3 is 9.64 Å². The molecule has 4 rings (SSSR count). The van der Waals surface area contributed by atoms with E-state index in [-0.39, 0.29) is 11.9 Å². The van der Waals surface area contributed by atoms with E-state index in [0.717, 1.165) is 58.0 Å². The van der Waals surface area contributed by atoms with Gasteiger partial charge in [-0.25, -0.2) is 0 Å². The second-order valence-corrected chi connectivity index (χ2v) is 7.40. The van der Waals surface area contributed by atoms with Gasteiger partial charge in [-0.3, -0.25) is 14.6 Å². The number of anilines is 1. The Morgan fingerprint density at radius 3 is 2.44 bits per heavy atom. The van der Waals surface area contributed by atoms with E-state index in [1.807, 2.05) is 35.2 Å². The minimum absolute atomic E-state index is 0.0728. The monoisotopic (exact) mass is 343 g/mol. The maximum Gasteiger partial charge on any atom is 0.244 e. The van der Waals surface area contributed by atoms with Crippen LogP contribution in [0.4, 0.5) is 5.69 Å². The Balaban J connectivity index is 1.37. The number of ether oxygens (including phenoxy) is 1. The van der Waals surface area contributed by atoms with E-state index in [2.05, 4.69) is 9.80 Å². The molecule has 0 spiro atoms. The lowest BCUT2D eigenvalue weighted by atomic mass is 10.1. The number of morpholine rings is 1. The van der Waals surface area contributed by atoms with Crippen molar-refractivity contribution >= 4 is 11.6 Å². The van der Waals surface area contributed by atoms with E-state index in [1.165, 1.54) is 19.3 Å². The molecule has 0 saturated carbocycles. The number of para-hydroxylation sites is 1. The van der Waals surface area contributed by atoms with Crippen LogP contribution in [0.2, 0.25) is 0 Å². The van der Waals surface area contributed by atoms with Crippen molar-refractivity contribution in [2.75, 3.05) is 50.8 Å². The molecular weight excluding hydrogens is 314 g/mol. The summed E-state index contributed by atoms with van der Waals surface area (Å²) in [5, 5.41) is 0. The van der Waals surface area contributed by atoms with Crippen LogP contribution in [-0.4, -0.2) is 73.7 Å². The Labute approximate surface area is 150 Å². The zero-order valence-electron chi connectivity index (χ0n) is 15.0. The predicted octanol–water partition coefficient (Wildman–Crippen LogP) is 1.98. The first kappa shape index (κ1) is 17.0. The highest BCUT2D eigenvalue weighted by Gasteiger charge is 2.37. The van der Waals surface area contributed by atoms with Crippen LogP contribution in [0.15, 0.2) is 30.3 Å². The van der Waals surface area contributed by atoms with Crippen molar-refractivity contribution in [2.45, 2.75) is 37.8 Å². The highest BCUT2D eigenvalue weighted by molar-refractivity contribution is 5.99. The second-order valence-electron chi connectivity index (χ2n) is 7.40. The van der Waals surface area contributed by atoms with Gasteiger partial charge in [0.05, 0.1) is 19.3 Å². The van der Waals surface area contributed by atoms with Crippen LogP contribution in [0.1, 0.15) is 25.7 Å². The van der Waals surface area contributed by atoms with E-state index in [0.29, 0.717) is 6.04 Å². The molecule has 1 aromatic carbocycles. The van der Waals surface area contributed by atoms with Crippen LogP contribution in [-0.2, 0) is 9.53 Å². The molecule has 5 heteroatoms. The van der Waals surface area contributed by atoms with Crippen molar-refractivity contribution < 1.29 is 9.53 Å². The van der Waals surface area contributed by atoms with Crippen LogP contribution >= 0.6 is 0 Å². The van der Waals surface area contributed by atoms with Crippen LogP contribution in [0, 0.1) is 0 Å². The molecule has 3 aliphatic rings. The average Bonchev–Trinajstić information content (AvgIpc) is 2.90. The van der Waals surface area contributed by atoms with Crippen LogP contribution in [0.25, 0.3) is 0 Å². The van der Waals surface area contributed by atoms with E-state index in [1.54, 1.807) is 0 Å². The molecule has 3 saturated heterocycles. The van der Waals surface area contributed by atoms with Crippen LogP contribution < -0.4 is 4.90 Å². The second kappa shape index (κ2) is 7.85. The summed E-state index contributed by atoms with van der Waals surface area (Å²) in [6.45, 7) is 6.81. The van der Waals surface area contributed by atoms with Crippen molar-refractivity contribution in [3.8, 4) is 0 Å². The summed E-state index contributed by atoms with van der Waals surface area (Å²) in [4.78, 5) is 20.0. The average molecular weight is 343 g/mol. The number of benzene rings is 1. The van der Waals surface area contributed by atoms with Gasteiger partial charge in [-0.2, -0.15) is 0 Å². The molecular formula is C20H29N3O2. The molecule has 0 aliphatic carbocycles. The lowest BCUT2D eigenvalue weighted by Crippen LogP contribution is -2.45. The van der Waals surface area contributed by atoms with E-state index < -0.39 is 0 Å². The number of carbonyl (C=O) groups excluding carboxylic acids is 1. The lowest BCUT2D eigenvalue weighted by molar-refractivity contribution is -0.121.